The van der Waals surface area contributed by atoms with Gasteiger partial charge in [0.05, 0.1) is 18.1 Å². The Morgan fingerprint density at radius 3 is 2.88 bits per heavy atom. The van der Waals surface area contributed by atoms with Crippen LogP contribution in [0.4, 0.5) is 0 Å². The SMILES string of the molecule is CN1C(=O)CO[C@@H]2CN(C(=O)c3cnc[nH]3)CC[C@]21c1ccccc1. The molecule has 0 aliphatic carbocycles. The fourth-order valence-electron chi connectivity index (χ4n) is 3.95. The molecule has 7 nitrogen and oxygen atoms in total. The number of imidazole rings is 1. The predicted octanol–water partition coefficient (Wildman–Crippen LogP) is 1.01. The summed E-state index contributed by atoms with van der Waals surface area (Å²) in [5, 5.41) is 0. The van der Waals surface area contributed by atoms with Gasteiger partial charge in [0, 0.05) is 20.1 Å². The van der Waals surface area contributed by atoms with E-state index in [4.69, 9.17) is 4.74 Å². The van der Waals surface area contributed by atoms with Crippen LogP contribution >= 0.6 is 0 Å². The molecule has 0 radical (unpaired) electrons. The number of amides is 2. The van der Waals surface area contributed by atoms with E-state index in [1.54, 1.807) is 9.80 Å². The smallest absolute Gasteiger partial charge is 0.272 e. The Labute approximate surface area is 145 Å². The van der Waals surface area contributed by atoms with E-state index < -0.39 is 5.54 Å². The molecule has 4 rings (SSSR count). The van der Waals surface area contributed by atoms with Crippen LogP contribution in [0.15, 0.2) is 42.9 Å². The van der Waals surface area contributed by atoms with Gasteiger partial charge in [0.1, 0.15) is 18.4 Å². The summed E-state index contributed by atoms with van der Waals surface area (Å²) in [4.78, 5) is 35.3. The molecule has 2 aliphatic heterocycles. The van der Waals surface area contributed by atoms with E-state index in [2.05, 4.69) is 9.97 Å². The van der Waals surface area contributed by atoms with Gasteiger partial charge in [0.2, 0.25) is 5.91 Å². The summed E-state index contributed by atoms with van der Waals surface area (Å²) in [5.41, 5.74) is 0.970. The number of benzene rings is 1. The maximum atomic E-state index is 12.6. The van der Waals surface area contributed by atoms with Crippen LogP contribution in [0, 0.1) is 0 Å². The molecular formula is C18H20N4O3. The van der Waals surface area contributed by atoms with Crippen molar-refractivity contribution in [2.24, 2.45) is 0 Å². The summed E-state index contributed by atoms with van der Waals surface area (Å²) in [6.07, 6.45) is 3.38. The molecule has 2 amide bonds. The van der Waals surface area contributed by atoms with Crippen molar-refractivity contribution in [1.29, 1.82) is 0 Å². The minimum absolute atomic E-state index is 0.0338. The second kappa shape index (κ2) is 6.00. The molecule has 1 aromatic heterocycles. The van der Waals surface area contributed by atoms with Gasteiger partial charge >= 0.3 is 0 Å². The van der Waals surface area contributed by atoms with Gasteiger partial charge in [-0.1, -0.05) is 30.3 Å². The second-order valence-corrected chi connectivity index (χ2v) is 6.51. The van der Waals surface area contributed by atoms with Crippen molar-refractivity contribution in [3.05, 3.63) is 54.1 Å². The van der Waals surface area contributed by atoms with Crippen molar-refractivity contribution in [1.82, 2.24) is 19.8 Å². The first-order valence-corrected chi connectivity index (χ1v) is 8.34. The van der Waals surface area contributed by atoms with Gasteiger partial charge in [-0.05, 0) is 12.0 Å². The Morgan fingerprint density at radius 1 is 1.36 bits per heavy atom. The summed E-state index contributed by atoms with van der Waals surface area (Å²) in [6, 6.07) is 9.94. The van der Waals surface area contributed by atoms with Crippen LogP contribution in [0.1, 0.15) is 22.5 Å². The van der Waals surface area contributed by atoms with Crippen LogP contribution in [0.25, 0.3) is 0 Å². The highest BCUT2D eigenvalue weighted by molar-refractivity contribution is 5.92. The largest absolute Gasteiger partial charge is 0.364 e. The summed E-state index contributed by atoms with van der Waals surface area (Å²) in [7, 11) is 1.83. The normalized spacial score (nSPS) is 26.4. The van der Waals surface area contributed by atoms with Gasteiger partial charge in [0.25, 0.3) is 5.91 Å². The molecular weight excluding hydrogens is 320 g/mol. The standard InChI is InChI=1S/C18H20N4O3/c1-21-16(23)11-25-15-10-22(17(24)14-9-19-12-20-14)8-7-18(15,21)13-5-3-2-4-6-13/h2-6,9,12,15H,7-8,10-11H2,1H3,(H,19,20)/t15-,18+/m1/s1. The number of likely N-dealkylation sites (tertiary alicyclic amines) is 1. The van der Waals surface area contributed by atoms with Crippen LogP contribution in [-0.2, 0) is 15.1 Å². The molecule has 0 unspecified atom stereocenters. The number of ether oxygens (including phenoxy) is 1. The number of H-pyrrole nitrogens is 1. The summed E-state index contributed by atoms with van der Waals surface area (Å²) in [6.45, 7) is 1.02. The number of nitrogens with one attached hydrogen (secondary N) is 1. The minimum Gasteiger partial charge on any atom is -0.364 e. The second-order valence-electron chi connectivity index (χ2n) is 6.51. The molecule has 0 saturated carbocycles. The van der Waals surface area contributed by atoms with Crippen LogP contribution in [0.5, 0.6) is 0 Å². The molecule has 0 bridgehead atoms. The first kappa shape index (κ1) is 15.8. The lowest BCUT2D eigenvalue weighted by Gasteiger charge is -2.54. The molecule has 2 fully saturated rings. The number of likely N-dealkylation sites (N-methyl/N-ethyl adjacent to an activating group) is 1. The molecule has 130 valence electrons. The third-order valence-corrected chi connectivity index (χ3v) is 5.35. The van der Waals surface area contributed by atoms with Gasteiger partial charge in [-0.25, -0.2) is 4.98 Å². The van der Waals surface area contributed by atoms with Gasteiger partial charge in [-0.3, -0.25) is 9.59 Å². The average Bonchev–Trinajstić information content (AvgIpc) is 3.19. The van der Waals surface area contributed by atoms with E-state index >= 15 is 0 Å². The Hall–Kier alpha value is -2.67. The number of carbonyl (C=O) groups excluding carboxylic acids is 2. The van der Waals surface area contributed by atoms with E-state index in [0.29, 0.717) is 25.2 Å². The predicted molar refractivity (Wildman–Crippen MR) is 89.7 cm³/mol. The Bertz CT molecular complexity index is 777. The fourth-order valence-corrected chi connectivity index (χ4v) is 3.95. The number of nitrogens with zero attached hydrogens (tertiary/aromatic N) is 3. The van der Waals surface area contributed by atoms with Gasteiger partial charge < -0.3 is 19.5 Å². The number of aromatic amines is 1. The maximum absolute atomic E-state index is 12.6. The number of morpholine rings is 1. The van der Waals surface area contributed by atoms with E-state index in [-0.39, 0.29) is 24.5 Å². The van der Waals surface area contributed by atoms with Crippen LogP contribution < -0.4 is 0 Å². The van der Waals surface area contributed by atoms with Crippen molar-refractivity contribution in [2.45, 2.75) is 18.1 Å². The summed E-state index contributed by atoms with van der Waals surface area (Å²) >= 11 is 0. The fraction of sp³-hybridized carbons (Fsp3) is 0.389. The quantitative estimate of drug-likeness (QED) is 0.885. The molecule has 2 aliphatic rings. The van der Waals surface area contributed by atoms with Gasteiger partial charge in [-0.15, -0.1) is 0 Å². The van der Waals surface area contributed by atoms with Gasteiger partial charge in [-0.2, -0.15) is 0 Å². The molecule has 2 aromatic rings. The number of aromatic nitrogens is 2. The minimum atomic E-state index is -0.540. The molecule has 3 heterocycles. The molecule has 2 saturated heterocycles. The highest BCUT2D eigenvalue weighted by atomic mass is 16.5. The first-order chi connectivity index (χ1) is 12.1. The number of rotatable bonds is 2. The lowest BCUT2D eigenvalue weighted by atomic mass is 9.76. The monoisotopic (exact) mass is 340 g/mol. The van der Waals surface area contributed by atoms with Crippen LogP contribution in [-0.4, -0.2) is 64.4 Å². The van der Waals surface area contributed by atoms with Crippen molar-refractivity contribution in [3.63, 3.8) is 0 Å². The van der Waals surface area contributed by atoms with Gasteiger partial charge in [0.15, 0.2) is 0 Å². The zero-order chi connectivity index (χ0) is 17.4. The highest BCUT2D eigenvalue weighted by Gasteiger charge is 2.53. The topological polar surface area (TPSA) is 78.5 Å². The molecule has 1 aromatic carbocycles. The number of piperidine rings is 1. The number of fused-ring (bicyclic) bond motifs is 1. The van der Waals surface area contributed by atoms with E-state index in [9.17, 15) is 9.59 Å². The summed E-state index contributed by atoms with van der Waals surface area (Å²) in [5.74, 6) is -0.129. The molecule has 2 atom stereocenters. The van der Waals surface area contributed by atoms with Crippen molar-refractivity contribution < 1.29 is 14.3 Å². The zero-order valence-electron chi connectivity index (χ0n) is 14.0. The lowest BCUT2D eigenvalue weighted by Crippen LogP contribution is -2.67. The third-order valence-electron chi connectivity index (χ3n) is 5.35. The van der Waals surface area contributed by atoms with E-state index in [0.717, 1.165) is 5.56 Å². The molecule has 0 spiro atoms. The number of carbonyl (C=O) groups is 2. The van der Waals surface area contributed by atoms with Crippen molar-refractivity contribution >= 4 is 11.8 Å². The van der Waals surface area contributed by atoms with Crippen molar-refractivity contribution in [3.8, 4) is 0 Å². The zero-order valence-corrected chi connectivity index (χ0v) is 14.0. The van der Waals surface area contributed by atoms with E-state index in [1.165, 1.54) is 12.5 Å². The van der Waals surface area contributed by atoms with Crippen molar-refractivity contribution in [2.75, 3.05) is 26.7 Å². The Kier molecular flexibility index (Phi) is 3.80. The molecule has 7 heteroatoms. The molecule has 25 heavy (non-hydrogen) atoms. The van der Waals surface area contributed by atoms with E-state index in [1.807, 2.05) is 37.4 Å². The number of hydrogen-bond acceptors (Lipinski definition) is 4. The Balaban J connectivity index is 1.67. The average molecular weight is 340 g/mol. The maximum Gasteiger partial charge on any atom is 0.272 e. The summed E-state index contributed by atoms with van der Waals surface area (Å²) < 4.78 is 5.91. The third kappa shape index (κ3) is 2.42. The Morgan fingerprint density at radius 2 is 2.16 bits per heavy atom. The highest BCUT2D eigenvalue weighted by Crippen LogP contribution is 2.42. The molecule has 1 N–H and O–H groups in total. The van der Waals surface area contributed by atoms with Crippen LogP contribution in [0.2, 0.25) is 0 Å². The first-order valence-electron chi connectivity index (χ1n) is 8.34. The lowest BCUT2D eigenvalue weighted by molar-refractivity contribution is -0.180. The number of hydrogen-bond donors (Lipinski definition) is 1. The van der Waals surface area contributed by atoms with Crippen LogP contribution in [0.3, 0.4) is 0 Å².